The van der Waals surface area contributed by atoms with Gasteiger partial charge in [-0.25, -0.2) is 5.01 Å². The standard InChI is InChI=1S/C15H25N5O3/c16-13(15(22)23)14(18-5-1-2-6-18)11-9-20(12(10-21)17-11)19-7-3-4-8-19/h10-11,13-14H,1-9,16H2,(H,22,23)/t11-,13-,14+/m0/s1. The number of likely N-dealkylation sites (tertiary alicyclic amines) is 1. The maximum atomic E-state index is 11.4. The lowest BCUT2D eigenvalue weighted by Gasteiger charge is -2.35. The Hall–Kier alpha value is -1.51. The van der Waals surface area contributed by atoms with E-state index >= 15 is 0 Å². The number of aldehydes is 1. The van der Waals surface area contributed by atoms with Crippen LogP contribution in [0.4, 0.5) is 0 Å². The van der Waals surface area contributed by atoms with Gasteiger partial charge in [0.15, 0.2) is 12.1 Å². The van der Waals surface area contributed by atoms with Gasteiger partial charge in [0.05, 0.1) is 18.6 Å². The predicted octanol–water partition coefficient (Wildman–Crippen LogP) is -0.845. The molecule has 3 atom stereocenters. The van der Waals surface area contributed by atoms with Crippen LogP contribution in [0.1, 0.15) is 25.7 Å². The van der Waals surface area contributed by atoms with Crippen LogP contribution >= 0.6 is 0 Å². The van der Waals surface area contributed by atoms with Gasteiger partial charge in [-0.3, -0.25) is 24.5 Å². The molecule has 8 nitrogen and oxygen atoms in total. The first-order valence-electron chi connectivity index (χ1n) is 8.39. The number of hydrogen-bond donors (Lipinski definition) is 2. The van der Waals surface area contributed by atoms with Crippen molar-refractivity contribution in [3.8, 4) is 0 Å². The van der Waals surface area contributed by atoms with Crippen molar-refractivity contribution in [2.75, 3.05) is 32.7 Å². The third-order valence-electron chi connectivity index (χ3n) is 5.06. The molecule has 3 heterocycles. The molecule has 3 rings (SSSR count). The number of hydrazine groups is 1. The number of aliphatic imine (C=N–C) groups is 1. The number of carbonyl (C=O) groups is 2. The maximum absolute atomic E-state index is 11.4. The van der Waals surface area contributed by atoms with E-state index in [1.165, 1.54) is 0 Å². The van der Waals surface area contributed by atoms with Crippen molar-refractivity contribution in [1.82, 2.24) is 14.9 Å². The highest BCUT2D eigenvalue weighted by atomic mass is 16.4. The molecule has 2 saturated heterocycles. The smallest absolute Gasteiger partial charge is 0.322 e. The summed E-state index contributed by atoms with van der Waals surface area (Å²) >= 11 is 0. The number of carbonyl (C=O) groups excluding carboxylic acids is 1. The number of amidine groups is 1. The largest absolute Gasteiger partial charge is 0.480 e. The van der Waals surface area contributed by atoms with Crippen LogP contribution in [0.5, 0.6) is 0 Å². The highest BCUT2D eigenvalue weighted by molar-refractivity contribution is 6.27. The van der Waals surface area contributed by atoms with Crippen LogP contribution in [0.15, 0.2) is 4.99 Å². The van der Waals surface area contributed by atoms with Gasteiger partial charge in [-0.05, 0) is 38.8 Å². The fourth-order valence-corrected chi connectivity index (χ4v) is 3.92. The number of nitrogens with zero attached hydrogens (tertiary/aromatic N) is 4. The Kier molecular flexibility index (Phi) is 4.93. The monoisotopic (exact) mass is 323 g/mol. The molecule has 0 unspecified atom stereocenters. The SMILES string of the molecule is N[C@H](C(=O)O)[C@@H]([C@@H]1CN(N2CCCC2)C(C=O)=N1)N1CCCC1. The average Bonchev–Trinajstić information content (AvgIpc) is 3.28. The van der Waals surface area contributed by atoms with Crippen molar-refractivity contribution in [3.63, 3.8) is 0 Å². The number of aliphatic carboxylic acids is 1. The number of carboxylic acid groups (broad SMARTS) is 1. The summed E-state index contributed by atoms with van der Waals surface area (Å²) in [6, 6.07) is -1.63. The van der Waals surface area contributed by atoms with Crippen LogP contribution in [0.3, 0.4) is 0 Å². The Morgan fingerprint density at radius 2 is 1.83 bits per heavy atom. The molecule has 0 saturated carbocycles. The van der Waals surface area contributed by atoms with E-state index in [9.17, 15) is 14.7 Å². The fraction of sp³-hybridized carbons (Fsp3) is 0.800. The lowest BCUT2D eigenvalue weighted by atomic mass is 9.99. The fourth-order valence-electron chi connectivity index (χ4n) is 3.92. The summed E-state index contributed by atoms with van der Waals surface area (Å²) in [4.78, 5) is 29.5. The molecule has 8 heteroatoms. The average molecular weight is 323 g/mol. The molecule has 3 aliphatic rings. The van der Waals surface area contributed by atoms with Crippen LogP contribution in [0, 0.1) is 0 Å². The Balaban J connectivity index is 1.80. The summed E-state index contributed by atoms with van der Waals surface area (Å²) in [7, 11) is 0. The molecule has 0 aromatic rings. The summed E-state index contributed by atoms with van der Waals surface area (Å²) in [5.74, 6) is -0.608. The highest BCUT2D eigenvalue weighted by Crippen LogP contribution is 2.24. The number of carboxylic acids is 1. The molecular formula is C15H25N5O3. The van der Waals surface area contributed by atoms with E-state index in [0.29, 0.717) is 12.4 Å². The van der Waals surface area contributed by atoms with Gasteiger partial charge in [0.25, 0.3) is 0 Å². The molecule has 3 aliphatic heterocycles. The molecule has 23 heavy (non-hydrogen) atoms. The topological polar surface area (TPSA) is 102 Å². The second-order valence-corrected chi connectivity index (χ2v) is 6.51. The van der Waals surface area contributed by atoms with Gasteiger partial charge < -0.3 is 10.8 Å². The van der Waals surface area contributed by atoms with E-state index in [0.717, 1.165) is 58.1 Å². The van der Waals surface area contributed by atoms with Crippen LogP contribution < -0.4 is 5.73 Å². The molecule has 128 valence electrons. The van der Waals surface area contributed by atoms with Gasteiger partial charge in [-0.15, -0.1) is 0 Å². The Morgan fingerprint density at radius 1 is 1.22 bits per heavy atom. The summed E-state index contributed by atoms with van der Waals surface area (Å²) in [6.07, 6.45) is 5.09. The molecule has 0 aliphatic carbocycles. The highest BCUT2D eigenvalue weighted by Gasteiger charge is 2.42. The second-order valence-electron chi connectivity index (χ2n) is 6.51. The first kappa shape index (κ1) is 16.4. The molecule has 2 fully saturated rings. The Bertz CT molecular complexity index is 486. The van der Waals surface area contributed by atoms with Crippen LogP contribution in [-0.2, 0) is 9.59 Å². The molecule has 0 spiro atoms. The molecule has 0 radical (unpaired) electrons. The van der Waals surface area contributed by atoms with Gasteiger partial charge in [-0.1, -0.05) is 0 Å². The quantitative estimate of drug-likeness (QED) is 0.614. The van der Waals surface area contributed by atoms with Gasteiger partial charge in [0, 0.05) is 13.1 Å². The summed E-state index contributed by atoms with van der Waals surface area (Å²) < 4.78 is 0. The molecular weight excluding hydrogens is 298 g/mol. The van der Waals surface area contributed by atoms with Gasteiger partial charge in [0.2, 0.25) is 0 Å². The number of nitrogens with two attached hydrogens (primary N) is 1. The zero-order valence-corrected chi connectivity index (χ0v) is 13.3. The Labute approximate surface area is 135 Å². The van der Waals surface area contributed by atoms with Crippen molar-refractivity contribution < 1.29 is 14.7 Å². The summed E-state index contributed by atoms with van der Waals surface area (Å²) in [5, 5.41) is 13.4. The minimum absolute atomic E-state index is 0.278. The third-order valence-corrected chi connectivity index (χ3v) is 5.06. The lowest BCUT2D eigenvalue weighted by molar-refractivity contribution is -0.140. The number of rotatable bonds is 6. The first-order valence-corrected chi connectivity index (χ1v) is 8.39. The van der Waals surface area contributed by atoms with Gasteiger partial charge in [-0.2, -0.15) is 0 Å². The summed E-state index contributed by atoms with van der Waals surface area (Å²) in [6.45, 7) is 4.06. The predicted molar refractivity (Wildman–Crippen MR) is 85.0 cm³/mol. The Morgan fingerprint density at radius 3 is 2.39 bits per heavy atom. The van der Waals surface area contributed by atoms with Crippen molar-refractivity contribution in [2.24, 2.45) is 10.7 Å². The zero-order valence-electron chi connectivity index (χ0n) is 13.3. The molecule has 3 N–H and O–H groups in total. The van der Waals surface area contributed by atoms with Crippen LogP contribution in [0.2, 0.25) is 0 Å². The first-order chi connectivity index (χ1) is 11.1. The van der Waals surface area contributed by atoms with E-state index in [1.807, 2.05) is 5.01 Å². The molecule has 0 aromatic carbocycles. The van der Waals surface area contributed by atoms with Crippen LogP contribution in [-0.4, -0.2) is 89.0 Å². The van der Waals surface area contributed by atoms with Gasteiger partial charge >= 0.3 is 5.97 Å². The number of hydrogen-bond acceptors (Lipinski definition) is 7. The maximum Gasteiger partial charge on any atom is 0.322 e. The minimum atomic E-state index is -1.01. The lowest BCUT2D eigenvalue weighted by Crippen LogP contribution is -2.57. The van der Waals surface area contributed by atoms with Gasteiger partial charge in [0.1, 0.15) is 6.04 Å². The second kappa shape index (κ2) is 6.94. The molecule has 0 aromatic heterocycles. The third kappa shape index (κ3) is 3.24. The molecule has 0 amide bonds. The van der Waals surface area contributed by atoms with E-state index in [1.54, 1.807) is 0 Å². The van der Waals surface area contributed by atoms with Crippen LogP contribution in [0.25, 0.3) is 0 Å². The van der Waals surface area contributed by atoms with Crippen molar-refractivity contribution in [3.05, 3.63) is 0 Å². The van der Waals surface area contributed by atoms with Crippen molar-refractivity contribution in [1.29, 1.82) is 0 Å². The van der Waals surface area contributed by atoms with Crippen molar-refractivity contribution in [2.45, 2.75) is 43.8 Å². The minimum Gasteiger partial charge on any atom is -0.480 e. The molecule has 0 bridgehead atoms. The van der Waals surface area contributed by atoms with E-state index < -0.39 is 12.0 Å². The summed E-state index contributed by atoms with van der Waals surface area (Å²) in [5.41, 5.74) is 5.98. The normalized spacial score (nSPS) is 28.8. The van der Waals surface area contributed by atoms with E-state index in [2.05, 4.69) is 14.9 Å². The van der Waals surface area contributed by atoms with E-state index in [4.69, 9.17) is 5.73 Å². The van der Waals surface area contributed by atoms with E-state index in [-0.39, 0.29) is 12.1 Å². The zero-order chi connectivity index (χ0) is 16.4. The van der Waals surface area contributed by atoms with Crippen molar-refractivity contribution >= 4 is 18.1 Å².